The van der Waals surface area contributed by atoms with E-state index in [1.807, 2.05) is 17.0 Å². The number of hydrogen-bond donors (Lipinski definition) is 2. The quantitative estimate of drug-likeness (QED) is 0.827. The zero-order valence-corrected chi connectivity index (χ0v) is 14.7. The highest BCUT2D eigenvalue weighted by Gasteiger charge is 2.33. The topological polar surface area (TPSA) is 57.1 Å². The summed E-state index contributed by atoms with van der Waals surface area (Å²) < 4.78 is 0. The third-order valence-corrected chi connectivity index (χ3v) is 5.10. The van der Waals surface area contributed by atoms with E-state index in [1.165, 1.54) is 4.90 Å². The number of likely N-dealkylation sites (N-methyl/N-ethyl adjacent to an activating group) is 1. The van der Waals surface area contributed by atoms with Crippen LogP contribution in [0.4, 0.5) is 10.5 Å². The average Bonchev–Trinajstić information content (AvgIpc) is 2.96. The lowest BCUT2D eigenvalue weighted by atomic mass is 10.2. The highest BCUT2D eigenvalue weighted by Crippen LogP contribution is 2.23. The van der Waals surface area contributed by atoms with Crippen molar-refractivity contribution in [3.63, 3.8) is 0 Å². The summed E-state index contributed by atoms with van der Waals surface area (Å²) in [5.41, 5.74) is 0.821. The first-order valence-electron chi connectivity index (χ1n) is 8.51. The minimum absolute atomic E-state index is 0.0304. The molecule has 24 heavy (non-hydrogen) atoms. The molecule has 0 bridgehead atoms. The molecule has 3 amide bonds. The number of nitrogens with one attached hydrogen (secondary N) is 2. The molecule has 2 N–H and O–H groups in total. The van der Waals surface area contributed by atoms with Crippen molar-refractivity contribution in [1.29, 1.82) is 0 Å². The van der Waals surface area contributed by atoms with E-state index < -0.39 is 0 Å². The highest BCUT2D eigenvalue weighted by molar-refractivity contribution is 6.30. The highest BCUT2D eigenvalue weighted by atomic mass is 35.5. The second-order valence-corrected chi connectivity index (χ2v) is 6.86. The van der Waals surface area contributed by atoms with Crippen molar-refractivity contribution in [2.75, 3.05) is 44.2 Å². The van der Waals surface area contributed by atoms with Crippen molar-refractivity contribution in [2.45, 2.75) is 19.4 Å². The Hall–Kier alpha value is -1.79. The van der Waals surface area contributed by atoms with Gasteiger partial charge in [0.05, 0.1) is 38.8 Å². The first kappa shape index (κ1) is 17.0. The zero-order chi connectivity index (χ0) is 17.1. The molecule has 3 rings (SSSR count). The fourth-order valence-electron chi connectivity index (χ4n) is 3.32. The van der Waals surface area contributed by atoms with Crippen LogP contribution in [0.15, 0.2) is 24.3 Å². The molecule has 7 heteroatoms. The number of carbonyl (C=O) groups is 2. The van der Waals surface area contributed by atoms with Crippen LogP contribution in [0.25, 0.3) is 0 Å². The first-order valence-corrected chi connectivity index (χ1v) is 8.89. The van der Waals surface area contributed by atoms with Gasteiger partial charge in [-0.2, -0.15) is 0 Å². The fraction of sp³-hybridized carbons (Fsp3) is 0.529. The van der Waals surface area contributed by atoms with Crippen LogP contribution in [-0.2, 0) is 4.79 Å². The van der Waals surface area contributed by atoms with E-state index in [0.717, 1.165) is 38.4 Å². The van der Waals surface area contributed by atoms with Crippen LogP contribution in [0.3, 0.4) is 0 Å². The van der Waals surface area contributed by atoms with E-state index >= 15 is 0 Å². The van der Waals surface area contributed by atoms with E-state index in [2.05, 4.69) is 12.2 Å². The molecule has 2 fully saturated rings. The maximum atomic E-state index is 12.4. The molecule has 0 aromatic heterocycles. The Balaban J connectivity index is 1.54. The van der Waals surface area contributed by atoms with Crippen molar-refractivity contribution in [3.8, 4) is 0 Å². The molecule has 0 spiro atoms. The van der Waals surface area contributed by atoms with Crippen molar-refractivity contribution < 1.29 is 14.5 Å². The molecule has 2 heterocycles. The maximum absolute atomic E-state index is 12.4. The summed E-state index contributed by atoms with van der Waals surface area (Å²) in [6.07, 6.45) is 0.342. The standard InChI is InChI=1S/C17H23ClN4O2/c1-2-20-7-9-21(10-8-20)17(24)19-14-11-16(23)22(12-14)15-5-3-13(18)4-6-15/h3-6,14H,2,7-12H2,1H3,(H,19,24)/p+1/t14-/m0/s1. The fourth-order valence-corrected chi connectivity index (χ4v) is 3.45. The Morgan fingerprint density at radius 1 is 1.29 bits per heavy atom. The number of urea groups is 1. The molecule has 1 atom stereocenters. The van der Waals surface area contributed by atoms with E-state index in [9.17, 15) is 9.59 Å². The second kappa shape index (κ2) is 7.40. The predicted molar refractivity (Wildman–Crippen MR) is 93.6 cm³/mol. The zero-order valence-electron chi connectivity index (χ0n) is 13.9. The number of amides is 3. The Labute approximate surface area is 147 Å². The summed E-state index contributed by atoms with van der Waals surface area (Å²) >= 11 is 5.89. The first-order chi connectivity index (χ1) is 11.6. The lowest BCUT2D eigenvalue weighted by molar-refractivity contribution is -0.902. The molecular weight excluding hydrogens is 328 g/mol. The lowest BCUT2D eigenvalue weighted by Gasteiger charge is -2.32. The monoisotopic (exact) mass is 351 g/mol. The van der Waals surface area contributed by atoms with Gasteiger partial charge in [-0.1, -0.05) is 11.6 Å². The molecule has 0 saturated carbocycles. The normalized spacial score (nSPS) is 22.1. The minimum atomic E-state index is -0.141. The van der Waals surface area contributed by atoms with E-state index in [1.54, 1.807) is 17.0 Å². The van der Waals surface area contributed by atoms with Crippen LogP contribution in [0.1, 0.15) is 13.3 Å². The van der Waals surface area contributed by atoms with Gasteiger partial charge >= 0.3 is 6.03 Å². The molecule has 1 aromatic carbocycles. The van der Waals surface area contributed by atoms with Crippen LogP contribution in [0.2, 0.25) is 5.02 Å². The number of benzene rings is 1. The summed E-state index contributed by atoms with van der Waals surface area (Å²) in [6.45, 7) is 7.30. The molecule has 2 aliphatic rings. The predicted octanol–water partition coefficient (Wildman–Crippen LogP) is 0.375. The number of piperazine rings is 1. The van der Waals surface area contributed by atoms with Crippen LogP contribution in [0.5, 0.6) is 0 Å². The molecule has 0 radical (unpaired) electrons. The summed E-state index contributed by atoms with van der Waals surface area (Å²) in [5.74, 6) is 0.0304. The molecule has 6 nitrogen and oxygen atoms in total. The molecule has 0 unspecified atom stereocenters. The summed E-state index contributed by atoms with van der Waals surface area (Å²) in [4.78, 5) is 29.7. The van der Waals surface area contributed by atoms with Crippen molar-refractivity contribution in [1.82, 2.24) is 10.2 Å². The van der Waals surface area contributed by atoms with Gasteiger partial charge in [0.2, 0.25) is 5.91 Å². The minimum Gasteiger partial charge on any atom is -0.333 e. The molecule has 2 aliphatic heterocycles. The average molecular weight is 352 g/mol. The molecule has 2 saturated heterocycles. The third-order valence-electron chi connectivity index (χ3n) is 4.85. The van der Waals surface area contributed by atoms with Gasteiger partial charge in [-0.15, -0.1) is 0 Å². The molecule has 0 aliphatic carbocycles. The Bertz CT molecular complexity index is 599. The van der Waals surface area contributed by atoms with Gasteiger partial charge in [0.25, 0.3) is 0 Å². The Kier molecular flexibility index (Phi) is 5.26. The van der Waals surface area contributed by atoms with Crippen molar-refractivity contribution in [2.24, 2.45) is 0 Å². The smallest absolute Gasteiger partial charge is 0.318 e. The van der Waals surface area contributed by atoms with Crippen LogP contribution >= 0.6 is 11.6 Å². The second-order valence-electron chi connectivity index (χ2n) is 6.42. The van der Waals surface area contributed by atoms with Crippen LogP contribution < -0.4 is 15.1 Å². The Morgan fingerprint density at radius 3 is 2.58 bits per heavy atom. The number of hydrogen-bond acceptors (Lipinski definition) is 2. The summed E-state index contributed by atoms with van der Waals surface area (Å²) in [5, 5.41) is 3.65. The number of nitrogens with zero attached hydrogens (tertiary/aromatic N) is 2. The van der Waals surface area contributed by atoms with Crippen LogP contribution in [-0.4, -0.2) is 62.1 Å². The molecule has 130 valence electrons. The van der Waals surface area contributed by atoms with Gasteiger partial charge in [-0.3, -0.25) is 4.79 Å². The number of quaternary nitrogens is 1. The van der Waals surface area contributed by atoms with Gasteiger partial charge in [0.15, 0.2) is 0 Å². The largest absolute Gasteiger partial charge is 0.333 e. The summed E-state index contributed by atoms with van der Waals surface area (Å²) in [7, 11) is 0. The SMILES string of the molecule is CC[NH+]1CCN(C(=O)N[C@H]2CC(=O)N(c3ccc(Cl)cc3)C2)CC1. The third kappa shape index (κ3) is 3.82. The number of halogens is 1. The number of anilines is 1. The van der Waals surface area contributed by atoms with Gasteiger partial charge < -0.3 is 20.0 Å². The molecular formula is C17H24ClN4O2+. The number of rotatable bonds is 3. The van der Waals surface area contributed by atoms with Gasteiger partial charge in [-0.05, 0) is 31.2 Å². The summed E-state index contributed by atoms with van der Waals surface area (Å²) in [6, 6.07) is 7.00. The van der Waals surface area contributed by atoms with E-state index in [0.29, 0.717) is 18.0 Å². The Morgan fingerprint density at radius 2 is 1.96 bits per heavy atom. The maximum Gasteiger partial charge on any atom is 0.318 e. The van der Waals surface area contributed by atoms with Gasteiger partial charge in [0, 0.05) is 23.7 Å². The lowest BCUT2D eigenvalue weighted by Crippen LogP contribution is -3.14. The van der Waals surface area contributed by atoms with E-state index in [4.69, 9.17) is 11.6 Å². The molecule has 1 aromatic rings. The van der Waals surface area contributed by atoms with E-state index in [-0.39, 0.29) is 18.0 Å². The van der Waals surface area contributed by atoms with Crippen LogP contribution in [0, 0.1) is 0 Å². The van der Waals surface area contributed by atoms with Gasteiger partial charge in [-0.25, -0.2) is 4.79 Å². The van der Waals surface area contributed by atoms with Crippen molar-refractivity contribution >= 4 is 29.2 Å². The number of carbonyl (C=O) groups excluding carboxylic acids is 2. The van der Waals surface area contributed by atoms with Crippen molar-refractivity contribution in [3.05, 3.63) is 29.3 Å². The van der Waals surface area contributed by atoms with Gasteiger partial charge in [0.1, 0.15) is 0 Å².